The van der Waals surface area contributed by atoms with Gasteiger partial charge in [0.05, 0.1) is 0 Å². The molecular weight excluding hydrogens is 174 g/mol. The van der Waals surface area contributed by atoms with Gasteiger partial charge in [-0.1, -0.05) is 6.07 Å². The van der Waals surface area contributed by atoms with Crippen LogP contribution in [0.3, 0.4) is 0 Å². The maximum Gasteiger partial charge on any atom is 0.0419 e. The standard InChI is InChI=1S/C11H17N3/c1-14-7-5-10(12)11(14)8-9-4-2-3-6-13-9/h2-4,6,10-11H,5,7-8,12H2,1H3. The van der Waals surface area contributed by atoms with E-state index >= 15 is 0 Å². The smallest absolute Gasteiger partial charge is 0.0419 e. The van der Waals surface area contributed by atoms with Crippen molar-refractivity contribution in [3.63, 3.8) is 0 Å². The van der Waals surface area contributed by atoms with Gasteiger partial charge in [0.25, 0.3) is 0 Å². The van der Waals surface area contributed by atoms with Crippen LogP contribution >= 0.6 is 0 Å². The molecule has 0 amide bonds. The number of likely N-dealkylation sites (N-methyl/N-ethyl adjacent to an activating group) is 1. The summed E-state index contributed by atoms with van der Waals surface area (Å²) in [5.41, 5.74) is 7.19. The maximum absolute atomic E-state index is 6.05. The van der Waals surface area contributed by atoms with Gasteiger partial charge in [0.1, 0.15) is 0 Å². The van der Waals surface area contributed by atoms with E-state index in [1.54, 1.807) is 0 Å². The van der Waals surface area contributed by atoms with Crippen molar-refractivity contribution in [2.45, 2.75) is 24.9 Å². The molecule has 2 rings (SSSR count). The molecule has 0 aliphatic carbocycles. The third-order valence-corrected chi connectivity index (χ3v) is 3.02. The highest BCUT2D eigenvalue weighted by Gasteiger charge is 2.28. The van der Waals surface area contributed by atoms with Crippen molar-refractivity contribution >= 4 is 0 Å². The van der Waals surface area contributed by atoms with Crippen molar-refractivity contribution < 1.29 is 0 Å². The number of hydrogen-bond acceptors (Lipinski definition) is 3. The second-order valence-electron chi connectivity index (χ2n) is 4.03. The van der Waals surface area contributed by atoms with Gasteiger partial charge in [-0.05, 0) is 32.1 Å². The largest absolute Gasteiger partial charge is 0.326 e. The van der Waals surface area contributed by atoms with E-state index in [1.807, 2.05) is 18.3 Å². The summed E-state index contributed by atoms with van der Waals surface area (Å²) in [5, 5.41) is 0. The molecule has 2 unspecified atom stereocenters. The number of rotatable bonds is 2. The minimum absolute atomic E-state index is 0.307. The van der Waals surface area contributed by atoms with Gasteiger partial charge < -0.3 is 10.6 Å². The second kappa shape index (κ2) is 4.07. The van der Waals surface area contributed by atoms with Crippen molar-refractivity contribution in [3.8, 4) is 0 Å². The minimum Gasteiger partial charge on any atom is -0.326 e. The lowest BCUT2D eigenvalue weighted by molar-refractivity contribution is 0.294. The predicted molar refractivity (Wildman–Crippen MR) is 57.0 cm³/mol. The predicted octanol–water partition coefficient (Wildman–Crippen LogP) is 0.655. The van der Waals surface area contributed by atoms with Crippen LogP contribution in [0.4, 0.5) is 0 Å². The zero-order valence-corrected chi connectivity index (χ0v) is 8.56. The number of pyridine rings is 1. The first-order valence-corrected chi connectivity index (χ1v) is 5.13. The van der Waals surface area contributed by atoms with Crippen molar-refractivity contribution in [3.05, 3.63) is 30.1 Å². The molecule has 0 spiro atoms. The van der Waals surface area contributed by atoms with Gasteiger partial charge in [0, 0.05) is 30.4 Å². The fourth-order valence-electron chi connectivity index (χ4n) is 2.08. The molecule has 0 saturated carbocycles. The van der Waals surface area contributed by atoms with Crippen LogP contribution in [-0.4, -0.2) is 35.6 Å². The summed E-state index contributed by atoms with van der Waals surface area (Å²) >= 11 is 0. The molecule has 1 aromatic heterocycles. The Balaban J connectivity index is 2.04. The van der Waals surface area contributed by atoms with E-state index in [9.17, 15) is 0 Å². The summed E-state index contributed by atoms with van der Waals surface area (Å²) < 4.78 is 0. The Morgan fingerprint density at radius 3 is 3.00 bits per heavy atom. The Labute approximate surface area is 84.9 Å². The average molecular weight is 191 g/mol. The Morgan fingerprint density at radius 1 is 1.57 bits per heavy atom. The van der Waals surface area contributed by atoms with Crippen LogP contribution in [-0.2, 0) is 6.42 Å². The van der Waals surface area contributed by atoms with Crippen LogP contribution in [0.15, 0.2) is 24.4 Å². The SMILES string of the molecule is CN1CCC(N)C1Cc1ccccn1. The highest BCUT2D eigenvalue weighted by molar-refractivity contribution is 5.07. The molecule has 14 heavy (non-hydrogen) atoms. The van der Waals surface area contributed by atoms with E-state index in [4.69, 9.17) is 5.73 Å². The Bertz CT molecular complexity index is 276. The Morgan fingerprint density at radius 2 is 2.43 bits per heavy atom. The van der Waals surface area contributed by atoms with Gasteiger partial charge in [-0.2, -0.15) is 0 Å². The first-order valence-electron chi connectivity index (χ1n) is 5.13. The summed E-state index contributed by atoms with van der Waals surface area (Å²) in [4.78, 5) is 6.66. The van der Waals surface area contributed by atoms with Gasteiger partial charge in [0.2, 0.25) is 0 Å². The molecule has 3 heteroatoms. The summed E-state index contributed by atoms with van der Waals surface area (Å²) in [6, 6.07) is 6.82. The molecule has 2 atom stereocenters. The molecule has 1 aliphatic heterocycles. The molecule has 1 aromatic rings. The lowest BCUT2D eigenvalue weighted by Crippen LogP contribution is -2.39. The fraction of sp³-hybridized carbons (Fsp3) is 0.545. The van der Waals surface area contributed by atoms with Crippen molar-refractivity contribution in [2.75, 3.05) is 13.6 Å². The molecule has 1 fully saturated rings. The zero-order chi connectivity index (χ0) is 9.97. The molecule has 1 aliphatic rings. The summed E-state index contributed by atoms with van der Waals surface area (Å²) in [7, 11) is 2.14. The van der Waals surface area contributed by atoms with Crippen LogP contribution in [0.25, 0.3) is 0 Å². The minimum atomic E-state index is 0.307. The van der Waals surface area contributed by atoms with E-state index in [1.165, 1.54) is 0 Å². The summed E-state index contributed by atoms with van der Waals surface area (Å²) in [6.07, 6.45) is 3.92. The molecule has 1 saturated heterocycles. The van der Waals surface area contributed by atoms with Crippen LogP contribution in [0, 0.1) is 0 Å². The van der Waals surface area contributed by atoms with Gasteiger partial charge in [-0.3, -0.25) is 4.98 Å². The van der Waals surface area contributed by atoms with Gasteiger partial charge >= 0.3 is 0 Å². The first-order chi connectivity index (χ1) is 6.77. The van der Waals surface area contributed by atoms with Crippen LogP contribution in [0.1, 0.15) is 12.1 Å². The summed E-state index contributed by atoms with van der Waals surface area (Å²) in [6.45, 7) is 1.11. The van der Waals surface area contributed by atoms with Crippen LogP contribution in [0.5, 0.6) is 0 Å². The van der Waals surface area contributed by atoms with Crippen molar-refractivity contribution in [1.82, 2.24) is 9.88 Å². The van der Waals surface area contributed by atoms with Gasteiger partial charge in [0.15, 0.2) is 0 Å². The van der Waals surface area contributed by atoms with Gasteiger partial charge in [-0.15, -0.1) is 0 Å². The van der Waals surface area contributed by atoms with Crippen molar-refractivity contribution in [2.24, 2.45) is 5.73 Å². The number of aromatic nitrogens is 1. The number of nitrogens with two attached hydrogens (primary N) is 1. The number of likely N-dealkylation sites (tertiary alicyclic amines) is 1. The fourth-order valence-corrected chi connectivity index (χ4v) is 2.08. The van der Waals surface area contributed by atoms with Gasteiger partial charge in [-0.25, -0.2) is 0 Å². The molecule has 0 radical (unpaired) electrons. The molecule has 0 aromatic carbocycles. The molecule has 2 heterocycles. The lowest BCUT2D eigenvalue weighted by atomic mass is 10.0. The molecule has 3 nitrogen and oxygen atoms in total. The topological polar surface area (TPSA) is 42.1 Å². The highest BCUT2D eigenvalue weighted by Crippen LogP contribution is 2.17. The molecule has 2 N–H and O–H groups in total. The first kappa shape index (κ1) is 9.62. The van der Waals surface area contributed by atoms with E-state index in [-0.39, 0.29) is 0 Å². The van der Waals surface area contributed by atoms with E-state index in [0.717, 1.165) is 25.1 Å². The third-order valence-electron chi connectivity index (χ3n) is 3.02. The monoisotopic (exact) mass is 191 g/mol. The van der Waals surface area contributed by atoms with Crippen LogP contribution in [0.2, 0.25) is 0 Å². The summed E-state index contributed by atoms with van der Waals surface area (Å²) in [5.74, 6) is 0. The normalized spacial score (nSPS) is 28.1. The van der Waals surface area contributed by atoms with E-state index in [2.05, 4.69) is 23.0 Å². The van der Waals surface area contributed by atoms with Crippen LogP contribution < -0.4 is 5.73 Å². The molecule has 0 bridgehead atoms. The third kappa shape index (κ3) is 1.94. The second-order valence-corrected chi connectivity index (χ2v) is 4.03. The maximum atomic E-state index is 6.05. The van der Waals surface area contributed by atoms with E-state index in [0.29, 0.717) is 12.1 Å². The van der Waals surface area contributed by atoms with Crippen molar-refractivity contribution in [1.29, 1.82) is 0 Å². The molecular formula is C11H17N3. The number of hydrogen-bond donors (Lipinski definition) is 1. The lowest BCUT2D eigenvalue weighted by Gasteiger charge is -2.22. The Hall–Kier alpha value is -0.930. The zero-order valence-electron chi connectivity index (χ0n) is 8.56. The van der Waals surface area contributed by atoms with E-state index < -0.39 is 0 Å². The highest BCUT2D eigenvalue weighted by atomic mass is 15.2. The quantitative estimate of drug-likeness (QED) is 0.746. The Kier molecular flexibility index (Phi) is 2.79. The molecule has 76 valence electrons. The number of nitrogens with zero attached hydrogens (tertiary/aromatic N) is 2. The average Bonchev–Trinajstić information content (AvgIpc) is 2.51.